The number of anilines is 1. The first-order chi connectivity index (χ1) is 10.1. The summed E-state index contributed by atoms with van der Waals surface area (Å²) in [6.07, 6.45) is 1.66. The molecule has 2 rings (SSSR count). The minimum Gasteiger partial charge on any atom is -0.478 e. The molecule has 21 heavy (non-hydrogen) atoms. The Balaban J connectivity index is 1.95. The van der Waals surface area contributed by atoms with Gasteiger partial charge in [-0.3, -0.25) is 4.98 Å². The molecule has 1 aromatic heterocycles. The standard InChI is InChI=1S/C15H15N3O3/c1-10-4-3-7-16-13(10)9-17-15(21)18-12-6-2-5-11(8-12)14(19)20/h2-8H,9H2,1H3,(H,19,20)(H2,17,18,21). The molecule has 0 saturated heterocycles. The Morgan fingerprint density at radius 2 is 2.05 bits per heavy atom. The van der Waals surface area contributed by atoms with Gasteiger partial charge in [-0.05, 0) is 36.8 Å². The molecule has 0 radical (unpaired) electrons. The van der Waals surface area contributed by atoms with Gasteiger partial charge in [-0.2, -0.15) is 0 Å². The van der Waals surface area contributed by atoms with Gasteiger partial charge < -0.3 is 15.7 Å². The molecule has 6 nitrogen and oxygen atoms in total. The molecule has 0 atom stereocenters. The SMILES string of the molecule is Cc1cccnc1CNC(=O)Nc1cccc(C(=O)O)c1. The average molecular weight is 285 g/mol. The molecule has 2 aromatic rings. The summed E-state index contributed by atoms with van der Waals surface area (Å²) in [6.45, 7) is 2.22. The summed E-state index contributed by atoms with van der Waals surface area (Å²) in [4.78, 5) is 26.8. The number of carbonyl (C=O) groups excluding carboxylic acids is 1. The lowest BCUT2D eigenvalue weighted by Gasteiger charge is -2.09. The number of carboxylic acids is 1. The number of aryl methyl sites for hydroxylation is 1. The van der Waals surface area contributed by atoms with Gasteiger partial charge in [0.25, 0.3) is 0 Å². The van der Waals surface area contributed by atoms with Gasteiger partial charge in [0.05, 0.1) is 17.8 Å². The van der Waals surface area contributed by atoms with Crippen molar-refractivity contribution in [1.29, 1.82) is 0 Å². The van der Waals surface area contributed by atoms with E-state index in [0.29, 0.717) is 12.2 Å². The number of amides is 2. The van der Waals surface area contributed by atoms with E-state index in [9.17, 15) is 9.59 Å². The average Bonchev–Trinajstić information content (AvgIpc) is 2.46. The zero-order valence-corrected chi connectivity index (χ0v) is 11.5. The maximum atomic E-state index is 11.8. The molecule has 3 N–H and O–H groups in total. The van der Waals surface area contributed by atoms with Gasteiger partial charge in [-0.25, -0.2) is 9.59 Å². The predicted octanol–water partition coefficient (Wildman–Crippen LogP) is 2.41. The molecule has 0 aliphatic carbocycles. The fourth-order valence-corrected chi connectivity index (χ4v) is 1.77. The molecule has 0 fully saturated rings. The first kappa shape index (κ1) is 14.5. The Morgan fingerprint density at radius 1 is 1.24 bits per heavy atom. The molecule has 108 valence electrons. The van der Waals surface area contributed by atoms with Crippen LogP contribution in [0.15, 0.2) is 42.6 Å². The van der Waals surface area contributed by atoms with Crippen LogP contribution in [-0.2, 0) is 6.54 Å². The number of nitrogens with one attached hydrogen (secondary N) is 2. The summed E-state index contributed by atoms with van der Waals surface area (Å²) in [5.74, 6) is -1.04. The summed E-state index contributed by atoms with van der Waals surface area (Å²) in [5, 5.41) is 14.2. The smallest absolute Gasteiger partial charge is 0.335 e. The zero-order chi connectivity index (χ0) is 15.2. The molecule has 0 aliphatic heterocycles. The number of hydrogen-bond acceptors (Lipinski definition) is 3. The van der Waals surface area contributed by atoms with E-state index in [1.54, 1.807) is 18.3 Å². The normalized spacial score (nSPS) is 9.95. The summed E-state index contributed by atoms with van der Waals surface area (Å²) in [7, 11) is 0. The van der Waals surface area contributed by atoms with Crippen LogP contribution in [0.3, 0.4) is 0 Å². The van der Waals surface area contributed by atoms with Gasteiger partial charge in [0, 0.05) is 11.9 Å². The summed E-state index contributed by atoms with van der Waals surface area (Å²) >= 11 is 0. The van der Waals surface area contributed by atoms with E-state index in [0.717, 1.165) is 11.3 Å². The van der Waals surface area contributed by atoms with Crippen LogP contribution >= 0.6 is 0 Å². The topological polar surface area (TPSA) is 91.3 Å². The predicted molar refractivity (Wildman–Crippen MR) is 78.2 cm³/mol. The third-order valence-corrected chi connectivity index (χ3v) is 2.90. The monoisotopic (exact) mass is 285 g/mol. The number of carboxylic acid groups (broad SMARTS) is 1. The quantitative estimate of drug-likeness (QED) is 0.804. The van der Waals surface area contributed by atoms with Crippen molar-refractivity contribution in [2.75, 3.05) is 5.32 Å². The lowest BCUT2D eigenvalue weighted by Crippen LogP contribution is -2.28. The number of aromatic carboxylic acids is 1. The number of urea groups is 1. The van der Waals surface area contributed by atoms with Crippen LogP contribution in [0, 0.1) is 6.92 Å². The Bertz CT molecular complexity index is 671. The lowest BCUT2D eigenvalue weighted by molar-refractivity contribution is 0.0697. The van der Waals surface area contributed by atoms with Crippen molar-refractivity contribution >= 4 is 17.7 Å². The Morgan fingerprint density at radius 3 is 2.76 bits per heavy atom. The van der Waals surface area contributed by atoms with Crippen LogP contribution in [0.4, 0.5) is 10.5 Å². The van der Waals surface area contributed by atoms with Crippen molar-refractivity contribution < 1.29 is 14.7 Å². The summed E-state index contributed by atoms with van der Waals surface area (Å²) < 4.78 is 0. The van der Waals surface area contributed by atoms with Gasteiger partial charge in [0.1, 0.15) is 0 Å². The maximum absolute atomic E-state index is 11.8. The van der Waals surface area contributed by atoms with E-state index < -0.39 is 12.0 Å². The molecule has 0 aliphatic rings. The van der Waals surface area contributed by atoms with Crippen molar-refractivity contribution in [1.82, 2.24) is 10.3 Å². The van der Waals surface area contributed by atoms with Crippen molar-refractivity contribution in [3.8, 4) is 0 Å². The van der Waals surface area contributed by atoms with Crippen molar-refractivity contribution in [2.24, 2.45) is 0 Å². The largest absolute Gasteiger partial charge is 0.478 e. The number of benzene rings is 1. The van der Waals surface area contributed by atoms with Crippen LogP contribution in [-0.4, -0.2) is 22.1 Å². The first-order valence-corrected chi connectivity index (χ1v) is 6.35. The van der Waals surface area contributed by atoms with Crippen LogP contribution in [0.25, 0.3) is 0 Å². The third-order valence-electron chi connectivity index (χ3n) is 2.90. The van der Waals surface area contributed by atoms with E-state index in [4.69, 9.17) is 5.11 Å². The Labute approximate surface area is 121 Å². The molecule has 0 unspecified atom stereocenters. The van der Waals surface area contributed by atoms with Crippen molar-refractivity contribution in [3.05, 3.63) is 59.4 Å². The zero-order valence-electron chi connectivity index (χ0n) is 11.5. The number of hydrogen-bond donors (Lipinski definition) is 3. The highest BCUT2D eigenvalue weighted by molar-refractivity contribution is 5.93. The number of rotatable bonds is 4. The molecule has 6 heteroatoms. The van der Waals surface area contributed by atoms with Crippen LogP contribution < -0.4 is 10.6 Å². The minimum atomic E-state index is -1.04. The lowest BCUT2D eigenvalue weighted by atomic mass is 10.2. The van der Waals surface area contributed by atoms with E-state index >= 15 is 0 Å². The Hall–Kier alpha value is -2.89. The molecule has 0 spiro atoms. The number of carbonyl (C=O) groups is 2. The molecule has 0 bridgehead atoms. The fraction of sp³-hybridized carbons (Fsp3) is 0.133. The van der Waals surface area contributed by atoms with Crippen LogP contribution in [0.2, 0.25) is 0 Å². The summed E-state index contributed by atoms with van der Waals surface area (Å²) in [5.41, 5.74) is 2.32. The highest BCUT2D eigenvalue weighted by Crippen LogP contribution is 2.10. The van der Waals surface area contributed by atoms with E-state index in [2.05, 4.69) is 15.6 Å². The molecule has 2 amide bonds. The van der Waals surface area contributed by atoms with Gasteiger partial charge in [0.2, 0.25) is 0 Å². The van der Waals surface area contributed by atoms with Crippen molar-refractivity contribution in [3.63, 3.8) is 0 Å². The number of pyridine rings is 1. The number of aromatic nitrogens is 1. The van der Waals surface area contributed by atoms with Gasteiger partial charge in [0.15, 0.2) is 0 Å². The highest BCUT2D eigenvalue weighted by Gasteiger charge is 2.06. The van der Waals surface area contributed by atoms with Gasteiger partial charge in [-0.1, -0.05) is 12.1 Å². The van der Waals surface area contributed by atoms with Crippen LogP contribution in [0.5, 0.6) is 0 Å². The minimum absolute atomic E-state index is 0.119. The van der Waals surface area contributed by atoms with E-state index in [1.807, 2.05) is 19.1 Å². The van der Waals surface area contributed by atoms with Gasteiger partial charge in [-0.15, -0.1) is 0 Å². The van der Waals surface area contributed by atoms with Gasteiger partial charge >= 0.3 is 12.0 Å². The Kier molecular flexibility index (Phi) is 4.50. The van der Waals surface area contributed by atoms with Crippen LogP contribution in [0.1, 0.15) is 21.6 Å². The maximum Gasteiger partial charge on any atom is 0.335 e. The fourth-order valence-electron chi connectivity index (χ4n) is 1.77. The molecule has 1 aromatic carbocycles. The van der Waals surface area contributed by atoms with E-state index in [-0.39, 0.29) is 5.56 Å². The second-order valence-corrected chi connectivity index (χ2v) is 4.46. The first-order valence-electron chi connectivity index (χ1n) is 6.35. The summed E-state index contributed by atoms with van der Waals surface area (Å²) in [6, 6.07) is 9.38. The second-order valence-electron chi connectivity index (χ2n) is 4.46. The number of nitrogens with zero attached hydrogens (tertiary/aromatic N) is 1. The molecular weight excluding hydrogens is 270 g/mol. The highest BCUT2D eigenvalue weighted by atomic mass is 16.4. The molecular formula is C15H15N3O3. The van der Waals surface area contributed by atoms with E-state index in [1.165, 1.54) is 12.1 Å². The second kappa shape index (κ2) is 6.51. The van der Waals surface area contributed by atoms with Crippen molar-refractivity contribution in [2.45, 2.75) is 13.5 Å². The third kappa shape index (κ3) is 4.04. The molecule has 1 heterocycles. The molecule has 0 saturated carbocycles.